The first-order chi connectivity index (χ1) is 12.4. The molecule has 3 saturated carbocycles. The number of hydrogen-bond donors (Lipinski definition) is 2. The first kappa shape index (κ1) is 18.5. The van der Waals surface area contributed by atoms with Crippen LogP contribution in [0.3, 0.4) is 0 Å². The zero-order chi connectivity index (χ0) is 18.5. The van der Waals surface area contributed by atoms with E-state index in [0.29, 0.717) is 18.6 Å². The molecule has 0 aromatic heterocycles. The van der Waals surface area contributed by atoms with Crippen molar-refractivity contribution in [3.05, 3.63) is 11.1 Å². The van der Waals surface area contributed by atoms with Gasteiger partial charge in [-0.3, -0.25) is 0 Å². The van der Waals surface area contributed by atoms with Crippen LogP contribution in [0.4, 0.5) is 0 Å². The van der Waals surface area contributed by atoms with Gasteiger partial charge in [0.15, 0.2) is 0 Å². The smallest absolute Gasteiger partial charge is 0.129 e. The van der Waals surface area contributed by atoms with E-state index >= 15 is 0 Å². The molecule has 4 aliphatic rings. The maximum Gasteiger partial charge on any atom is 0.129 e. The molecule has 0 spiro atoms. The van der Waals surface area contributed by atoms with E-state index in [9.17, 15) is 5.11 Å². The zero-order valence-electron chi connectivity index (χ0n) is 16.8. The van der Waals surface area contributed by atoms with Crippen LogP contribution in [0.1, 0.15) is 72.1 Å². The summed E-state index contributed by atoms with van der Waals surface area (Å²) in [6, 6.07) is 0. The van der Waals surface area contributed by atoms with Crippen LogP contribution < -0.4 is 5.73 Å². The van der Waals surface area contributed by atoms with E-state index in [0.717, 1.165) is 36.3 Å². The highest BCUT2D eigenvalue weighted by Crippen LogP contribution is 2.65. The van der Waals surface area contributed by atoms with Gasteiger partial charge in [0.2, 0.25) is 0 Å². The van der Waals surface area contributed by atoms with Crippen molar-refractivity contribution >= 4 is 5.71 Å². The van der Waals surface area contributed by atoms with Crippen LogP contribution in [0.25, 0.3) is 0 Å². The number of aliphatic hydroxyl groups is 1. The number of hydrogen-bond acceptors (Lipinski definition) is 4. The number of aliphatic hydroxyl groups excluding tert-OH is 1. The summed E-state index contributed by atoms with van der Waals surface area (Å²) in [5.74, 6) is 2.29. The molecule has 4 nitrogen and oxygen atoms in total. The van der Waals surface area contributed by atoms with Crippen LogP contribution in [0.15, 0.2) is 16.3 Å². The number of oxime groups is 1. The Bertz CT molecular complexity index is 628. The Labute approximate surface area is 158 Å². The Morgan fingerprint density at radius 1 is 1.12 bits per heavy atom. The largest absolute Gasteiger partial charge is 0.394 e. The highest BCUT2D eigenvalue weighted by molar-refractivity contribution is 6.01. The van der Waals surface area contributed by atoms with Crippen LogP contribution in [0, 0.1) is 28.6 Å². The third-order valence-electron chi connectivity index (χ3n) is 8.77. The molecule has 4 heteroatoms. The van der Waals surface area contributed by atoms with Crippen molar-refractivity contribution in [3.8, 4) is 0 Å². The lowest BCUT2D eigenvalue weighted by atomic mass is 9.47. The fourth-order valence-electron chi connectivity index (χ4n) is 7.26. The highest BCUT2D eigenvalue weighted by Gasteiger charge is 2.59. The van der Waals surface area contributed by atoms with Gasteiger partial charge in [-0.1, -0.05) is 24.6 Å². The van der Waals surface area contributed by atoms with E-state index in [4.69, 9.17) is 10.6 Å². The molecule has 0 aromatic rings. The van der Waals surface area contributed by atoms with Gasteiger partial charge in [-0.05, 0) is 92.4 Å². The molecule has 0 saturated heterocycles. The third kappa shape index (κ3) is 2.59. The van der Waals surface area contributed by atoms with Crippen molar-refractivity contribution in [2.75, 3.05) is 13.2 Å². The lowest BCUT2D eigenvalue weighted by molar-refractivity contribution is -0.0725. The minimum atomic E-state index is -0.0790. The third-order valence-corrected chi connectivity index (χ3v) is 8.77. The first-order valence-electron chi connectivity index (χ1n) is 10.7. The summed E-state index contributed by atoms with van der Waals surface area (Å²) in [7, 11) is 0. The van der Waals surface area contributed by atoms with Gasteiger partial charge in [0.1, 0.15) is 6.61 Å². The second-order valence-electron chi connectivity index (χ2n) is 9.73. The Kier molecular flexibility index (Phi) is 4.71. The maximum atomic E-state index is 10.6. The van der Waals surface area contributed by atoms with Gasteiger partial charge in [-0.15, -0.1) is 0 Å². The van der Waals surface area contributed by atoms with Gasteiger partial charge in [0.25, 0.3) is 0 Å². The van der Waals surface area contributed by atoms with Gasteiger partial charge in [0, 0.05) is 6.54 Å². The van der Waals surface area contributed by atoms with Gasteiger partial charge >= 0.3 is 0 Å². The van der Waals surface area contributed by atoms with Crippen molar-refractivity contribution < 1.29 is 9.94 Å². The number of nitrogens with zero attached hydrogens (tertiary/aromatic N) is 1. The Hall–Kier alpha value is -0.870. The number of nitrogens with two attached hydrogens (primary N) is 1. The lowest BCUT2D eigenvalue weighted by Crippen LogP contribution is -2.51. The lowest BCUT2D eigenvalue weighted by Gasteiger charge is -2.58. The van der Waals surface area contributed by atoms with Crippen LogP contribution in [-0.2, 0) is 4.84 Å². The van der Waals surface area contributed by atoms with Gasteiger partial charge < -0.3 is 15.7 Å². The van der Waals surface area contributed by atoms with Crippen molar-refractivity contribution in [3.63, 3.8) is 0 Å². The SMILES string of the molecule is CC1=C2CC[C@H]3[C@@H]4CC[C@H](O)[C@@]4(C)CC[C@@H]3[C@@]2(C)CC/C1=N/OCCN. The zero-order valence-corrected chi connectivity index (χ0v) is 16.8. The number of allylic oxidation sites excluding steroid dienone is 2. The van der Waals surface area contributed by atoms with Crippen molar-refractivity contribution in [2.24, 2.45) is 39.5 Å². The molecule has 0 bridgehead atoms. The predicted molar refractivity (Wildman–Crippen MR) is 105 cm³/mol. The van der Waals surface area contributed by atoms with E-state index in [-0.39, 0.29) is 11.5 Å². The fraction of sp³-hybridized carbons (Fsp3) is 0.864. The molecule has 4 rings (SSSR count). The second kappa shape index (κ2) is 6.63. The molecule has 0 aliphatic heterocycles. The molecule has 0 amide bonds. The van der Waals surface area contributed by atoms with Crippen LogP contribution in [0.2, 0.25) is 0 Å². The Morgan fingerprint density at radius 3 is 2.69 bits per heavy atom. The summed E-state index contributed by atoms with van der Waals surface area (Å²) in [6.45, 7) is 8.15. The first-order valence-corrected chi connectivity index (χ1v) is 10.7. The molecule has 0 aromatic carbocycles. The quantitative estimate of drug-likeness (QED) is 0.590. The number of fused-ring (bicyclic) bond motifs is 5. The molecule has 146 valence electrons. The van der Waals surface area contributed by atoms with Crippen molar-refractivity contribution in [1.82, 2.24) is 0 Å². The average molecular weight is 361 g/mol. The highest BCUT2D eigenvalue weighted by atomic mass is 16.6. The van der Waals surface area contributed by atoms with E-state index < -0.39 is 0 Å². The summed E-state index contributed by atoms with van der Waals surface area (Å²) in [4.78, 5) is 5.39. The van der Waals surface area contributed by atoms with Crippen LogP contribution >= 0.6 is 0 Å². The van der Waals surface area contributed by atoms with Crippen molar-refractivity contribution in [1.29, 1.82) is 0 Å². The summed E-state index contributed by atoms with van der Waals surface area (Å²) in [6.07, 6.45) is 9.33. The normalized spacial score (nSPS) is 46.7. The molecular weight excluding hydrogens is 324 g/mol. The van der Waals surface area contributed by atoms with Gasteiger partial charge in [0.05, 0.1) is 11.8 Å². The Balaban J connectivity index is 1.62. The molecule has 26 heavy (non-hydrogen) atoms. The predicted octanol–water partition coefficient (Wildman–Crippen LogP) is 4.03. The minimum absolute atomic E-state index is 0.0790. The van der Waals surface area contributed by atoms with E-state index in [1.54, 1.807) is 5.57 Å². The summed E-state index contributed by atoms with van der Waals surface area (Å²) >= 11 is 0. The number of rotatable bonds is 3. The van der Waals surface area contributed by atoms with Crippen LogP contribution in [0.5, 0.6) is 0 Å². The fourth-order valence-corrected chi connectivity index (χ4v) is 7.26. The standard InChI is InChI=1S/C22H36N2O2/c1-14-16-5-4-15-17-6-7-20(25)22(17,3)10-8-18(15)21(16,2)11-9-19(14)24-26-13-12-23/h15,17-18,20,25H,4-13,23H2,1-3H3/b24-19-/t15-,17-,18-,20-,21-,22-/m0/s1. The summed E-state index contributed by atoms with van der Waals surface area (Å²) < 4.78 is 0. The van der Waals surface area contributed by atoms with Gasteiger partial charge in [-0.25, -0.2) is 0 Å². The van der Waals surface area contributed by atoms with Gasteiger partial charge in [-0.2, -0.15) is 0 Å². The molecule has 3 fully saturated rings. The molecule has 3 N–H and O–H groups in total. The van der Waals surface area contributed by atoms with E-state index in [1.165, 1.54) is 44.1 Å². The topological polar surface area (TPSA) is 67.8 Å². The molecule has 0 radical (unpaired) electrons. The van der Waals surface area contributed by atoms with Crippen LogP contribution in [-0.4, -0.2) is 30.1 Å². The minimum Gasteiger partial charge on any atom is -0.394 e. The summed E-state index contributed by atoms with van der Waals surface area (Å²) in [5.41, 5.74) is 10.2. The monoisotopic (exact) mass is 360 g/mol. The Morgan fingerprint density at radius 2 is 1.92 bits per heavy atom. The molecule has 4 aliphatic carbocycles. The van der Waals surface area contributed by atoms with E-state index in [1.807, 2.05) is 0 Å². The summed E-state index contributed by atoms with van der Waals surface area (Å²) in [5, 5.41) is 15.0. The van der Waals surface area contributed by atoms with Crippen molar-refractivity contribution in [2.45, 2.75) is 78.2 Å². The average Bonchev–Trinajstić information content (AvgIpc) is 2.92. The molecular formula is C22H36N2O2. The second-order valence-corrected chi connectivity index (χ2v) is 9.73. The molecule has 0 unspecified atom stereocenters. The maximum absolute atomic E-state index is 10.6. The molecule has 0 heterocycles. The van der Waals surface area contributed by atoms with E-state index in [2.05, 4.69) is 25.9 Å². The molecule has 6 atom stereocenters.